The Labute approximate surface area is 465 Å². The molecule has 0 saturated heterocycles. The van der Waals surface area contributed by atoms with Gasteiger partial charge in [-0.3, -0.25) is 13.8 Å². The van der Waals surface area contributed by atoms with E-state index in [0.717, 1.165) is 70.6 Å². The van der Waals surface area contributed by atoms with Crippen LogP contribution >= 0.6 is 7.82 Å². The first-order valence-corrected chi connectivity index (χ1v) is 33.3. The minimum atomic E-state index is -4.35. The molecule has 0 aliphatic rings. The summed E-state index contributed by atoms with van der Waals surface area (Å²) in [5, 5.41) is 14.0. The number of aliphatic hydroxyl groups excluding tert-OH is 1. The van der Waals surface area contributed by atoms with Gasteiger partial charge in [0.1, 0.15) is 13.2 Å². The average molecular weight is 1070 g/mol. The molecule has 0 heterocycles. The van der Waals surface area contributed by atoms with Gasteiger partial charge in [-0.2, -0.15) is 0 Å². The molecule has 8 nitrogen and oxygen atoms in total. The summed E-state index contributed by atoms with van der Waals surface area (Å²) in [6.45, 7) is 4.73. The number of hydrogen-bond donors (Lipinski definition) is 3. The number of phosphoric ester groups is 1. The van der Waals surface area contributed by atoms with Crippen LogP contribution in [0.1, 0.15) is 290 Å². The van der Waals surface area contributed by atoms with Crippen LogP contribution in [0.2, 0.25) is 0 Å². The van der Waals surface area contributed by atoms with Crippen molar-refractivity contribution in [3.8, 4) is 0 Å². The molecular weight excluding hydrogens is 948 g/mol. The van der Waals surface area contributed by atoms with Crippen molar-refractivity contribution in [1.29, 1.82) is 0 Å². The molecule has 0 aromatic rings. The van der Waals surface area contributed by atoms with E-state index < -0.39 is 20.0 Å². The van der Waals surface area contributed by atoms with E-state index in [9.17, 15) is 19.4 Å². The van der Waals surface area contributed by atoms with E-state index in [1.54, 1.807) is 6.08 Å². The maximum Gasteiger partial charge on any atom is 0.472 e. The number of quaternary nitrogens is 1. The largest absolute Gasteiger partial charge is 0.472 e. The highest BCUT2D eigenvalue weighted by Gasteiger charge is 2.27. The molecule has 0 aliphatic carbocycles. The summed E-state index contributed by atoms with van der Waals surface area (Å²) >= 11 is 0. The maximum absolute atomic E-state index is 13.0. The molecule has 0 aromatic heterocycles. The van der Waals surface area contributed by atoms with Gasteiger partial charge in [0.2, 0.25) is 5.91 Å². The molecule has 75 heavy (non-hydrogen) atoms. The molecule has 0 fully saturated rings. The van der Waals surface area contributed by atoms with Crippen molar-refractivity contribution in [1.82, 2.24) is 5.32 Å². The molecule has 0 saturated carbocycles. The molecule has 3 unspecified atom stereocenters. The third-order valence-electron chi connectivity index (χ3n) is 14.2. The number of hydrogen-bond acceptors (Lipinski definition) is 5. The predicted molar refractivity (Wildman–Crippen MR) is 327 cm³/mol. The van der Waals surface area contributed by atoms with Crippen LogP contribution < -0.4 is 5.32 Å². The zero-order valence-electron chi connectivity index (χ0n) is 50.0. The summed E-state index contributed by atoms with van der Waals surface area (Å²) in [6, 6.07) is -0.849. The Kier molecular flexibility index (Phi) is 55.1. The number of likely N-dealkylation sites (N-methyl/N-ethyl adjacent to an activating group) is 1. The number of nitrogens with zero attached hydrogens (tertiary/aromatic N) is 1. The highest BCUT2D eigenvalue weighted by atomic mass is 31.2. The molecule has 0 bridgehead atoms. The Morgan fingerprint density at radius 3 is 1.17 bits per heavy atom. The zero-order valence-corrected chi connectivity index (χ0v) is 50.9. The van der Waals surface area contributed by atoms with E-state index in [1.807, 2.05) is 27.2 Å². The van der Waals surface area contributed by atoms with Gasteiger partial charge in [0.25, 0.3) is 0 Å². The number of carbonyl (C=O) groups excluding carboxylic acids is 1. The summed E-state index contributed by atoms with van der Waals surface area (Å²) in [5.74, 6) is -0.175. The van der Waals surface area contributed by atoms with Crippen LogP contribution in [0.4, 0.5) is 0 Å². The van der Waals surface area contributed by atoms with Crippen LogP contribution in [0.25, 0.3) is 0 Å². The molecule has 438 valence electrons. The standard InChI is InChI=1S/C66H123N2O6P/c1-6-8-10-12-14-16-18-20-22-24-26-28-29-30-31-32-33-34-35-36-37-38-39-40-42-44-46-48-50-52-54-56-58-60-66(70)67-64(63-74-75(71,72)73-62-61-68(3,4)5)65(69)59-57-55-53-51-49-47-45-43-41-27-25-23-21-19-17-15-13-11-9-7-2/h8,10,14,16,20,22,26,28,30-31,57,59,64-65,69H,6-7,9,11-13,15,17-19,21,23-25,27,29,32-56,58,60-63H2,1-5H3,(H-,67,70,71,72)/p+1/b10-8-,16-14-,22-20-,28-26-,31-30-,59-57+. The van der Waals surface area contributed by atoms with Crippen LogP contribution in [0.15, 0.2) is 72.9 Å². The van der Waals surface area contributed by atoms with Gasteiger partial charge in [0, 0.05) is 6.42 Å². The first-order valence-electron chi connectivity index (χ1n) is 31.8. The summed E-state index contributed by atoms with van der Waals surface area (Å²) in [5.41, 5.74) is 0. The third-order valence-corrected chi connectivity index (χ3v) is 15.2. The van der Waals surface area contributed by atoms with E-state index in [1.165, 1.54) is 199 Å². The lowest BCUT2D eigenvalue weighted by molar-refractivity contribution is -0.870. The van der Waals surface area contributed by atoms with Crippen LogP contribution in [0.5, 0.6) is 0 Å². The molecule has 0 radical (unpaired) electrons. The number of carbonyl (C=O) groups is 1. The van der Waals surface area contributed by atoms with Crippen LogP contribution in [0.3, 0.4) is 0 Å². The molecule has 0 spiro atoms. The van der Waals surface area contributed by atoms with Crippen molar-refractivity contribution >= 4 is 13.7 Å². The van der Waals surface area contributed by atoms with E-state index >= 15 is 0 Å². The van der Waals surface area contributed by atoms with Gasteiger partial charge >= 0.3 is 7.82 Å². The van der Waals surface area contributed by atoms with Crippen molar-refractivity contribution in [2.45, 2.75) is 302 Å². The van der Waals surface area contributed by atoms with Gasteiger partial charge in [0.15, 0.2) is 0 Å². The monoisotopic (exact) mass is 1070 g/mol. The van der Waals surface area contributed by atoms with Gasteiger partial charge < -0.3 is 19.8 Å². The van der Waals surface area contributed by atoms with Crippen molar-refractivity contribution < 1.29 is 32.9 Å². The molecule has 1 amide bonds. The lowest BCUT2D eigenvalue weighted by Gasteiger charge is -2.25. The van der Waals surface area contributed by atoms with E-state index in [0.29, 0.717) is 17.4 Å². The Morgan fingerprint density at radius 1 is 0.467 bits per heavy atom. The maximum atomic E-state index is 13.0. The number of aliphatic hydroxyl groups is 1. The number of allylic oxidation sites excluding steroid dienone is 11. The van der Waals surface area contributed by atoms with Gasteiger partial charge in [-0.05, 0) is 64.2 Å². The lowest BCUT2D eigenvalue weighted by atomic mass is 10.0. The Hall–Kier alpha value is -2.06. The number of phosphoric acid groups is 1. The van der Waals surface area contributed by atoms with Gasteiger partial charge in [-0.15, -0.1) is 0 Å². The first-order chi connectivity index (χ1) is 36.5. The highest BCUT2D eigenvalue weighted by Crippen LogP contribution is 2.43. The minimum absolute atomic E-state index is 0.0610. The quantitative estimate of drug-likeness (QED) is 0.0243. The van der Waals surface area contributed by atoms with Crippen LogP contribution in [0, 0.1) is 0 Å². The molecule has 3 atom stereocenters. The van der Waals surface area contributed by atoms with Crippen molar-refractivity contribution in [2.24, 2.45) is 0 Å². The Bertz CT molecular complexity index is 1450. The zero-order chi connectivity index (χ0) is 54.9. The van der Waals surface area contributed by atoms with Crippen molar-refractivity contribution in [3.63, 3.8) is 0 Å². The van der Waals surface area contributed by atoms with Gasteiger partial charge in [0.05, 0.1) is 39.9 Å². The SMILES string of the molecule is CC/C=C\C/C=C\C/C=C\C/C=C\C/C=C\CCCCCCCCCCCCCCCCCCCC(=O)NC(COP(=O)(O)OCC[N+](C)(C)C)C(O)/C=C/CCCCCCCCCCCCCCCCCCCC. The fraction of sp³-hybridized carbons (Fsp3) is 0.803. The van der Waals surface area contributed by atoms with E-state index in [4.69, 9.17) is 9.05 Å². The summed E-state index contributed by atoms with van der Waals surface area (Å²) in [7, 11) is 1.58. The highest BCUT2D eigenvalue weighted by molar-refractivity contribution is 7.47. The fourth-order valence-electron chi connectivity index (χ4n) is 9.25. The molecular formula is C66H124N2O6P+. The normalized spacial score (nSPS) is 14.3. The van der Waals surface area contributed by atoms with Gasteiger partial charge in [-0.25, -0.2) is 4.57 Å². The topological polar surface area (TPSA) is 105 Å². The fourth-order valence-corrected chi connectivity index (χ4v) is 9.98. The second kappa shape index (κ2) is 56.7. The lowest BCUT2D eigenvalue weighted by Crippen LogP contribution is -2.45. The summed E-state index contributed by atoms with van der Waals surface area (Å²) < 4.78 is 23.8. The van der Waals surface area contributed by atoms with E-state index in [-0.39, 0.29) is 19.1 Å². The average Bonchev–Trinajstić information content (AvgIpc) is 3.37. The molecule has 3 N–H and O–H groups in total. The van der Waals surface area contributed by atoms with Crippen molar-refractivity contribution in [2.75, 3.05) is 40.9 Å². The molecule has 0 aliphatic heterocycles. The Morgan fingerprint density at radius 2 is 0.800 bits per heavy atom. The third kappa shape index (κ3) is 59.4. The predicted octanol–water partition coefficient (Wildman–Crippen LogP) is 19.8. The summed E-state index contributed by atoms with van der Waals surface area (Å²) in [4.78, 5) is 23.4. The second-order valence-electron chi connectivity index (χ2n) is 22.8. The number of unbranched alkanes of at least 4 members (excludes halogenated alkanes) is 35. The number of nitrogens with one attached hydrogen (secondary N) is 1. The molecule has 9 heteroatoms. The minimum Gasteiger partial charge on any atom is -0.387 e. The first kappa shape index (κ1) is 72.9. The molecule has 0 aromatic carbocycles. The number of amides is 1. The second-order valence-corrected chi connectivity index (χ2v) is 24.2. The number of rotatable bonds is 58. The Balaban J connectivity index is 4.08. The summed E-state index contributed by atoms with van der Waals surface area (Å²) in [6.07, 6.45) is 78.7. The molecule has 0 rings (SSSR count). The van der Waals surface area contributed by atoms with Crippen molar-refractivity contribution in [3.05, 3.63) is 72.9 Å². The van der Waals surface area contributed by atoms with Gasteiger partial charge in [-0.1, -0.05) is 292 Å². The smallest absolute Gasteiger partial charge is 0.387 e. The van der Waals surface area contributed by atoms with Crippen LogP contribution in [-0.2, 0) is 18.4 Å². The van der Waals surface area contributed by atoms with E-state index in [2.05, 4.69) is 79.9 Å². The van der Waals surface area contributed by atoms with Crippen LogP contribution in [-0.4, -0.2) is 73.4 Å².